The summed E-state index contributed by atoms with van der Waals surface area (Å²) in [6.07, 6.45) is 51.6. The van der Waals surface area contributed by atoms with Gasteiger partial charge in [0, 0.05) is 25.7 Å². The minimum Gasteiger partial charge on any atom is -0.462 e. The fourth-order valence-electron chi connectivity index (χ4n) is 11.7. The van der Waals surface area contributed by atoms with Gasteiger partial charge in [-0.2, -0.15) is 0 Å². The summed E-state index contributed by atoms with van der Waals surface area (Å²) in [5, 5.41) is 10.6. The first kappa shape index (κ1) is 94.1. The molecular weight excluding hydrogens is 1260 g/mol. The predicted molar refractivity (Wildman–Crippen MR) is 391 cm³/mol. The number of phosphoric ester groups is 2. The number of phosphoric acid groups is 2. The van der Waals surface area contributed by atoms with Crippen molar-refractivity contribution in [2.75, 3.05) is 39.6 Å². The van der Waals surface area contributed by atoms with Crippen LogP contribution in [-0.4, -0.2) is 96.7 Å². The molecule has 0 radical (unpaired) electrons. The molecule has 0 heterocycles. The van der Waals surface area contributed by atoms with Gasteiger partial charge in [0.25, 0.3) is 0 Å². The van der Waals surface area contributed by atoms with E-state index >= 15 is 0 Å². The van der Waals surface area contributed by atoms with Crippen LogP contribution in [0.3, 0.4) is 0 Å². The fourth-order valence-corrected chi connectivity index (χ4v) is 13.3. The van der Waals surface area contributed by atoms with Gasteiger partial charge in [0.1, 0.15) is 19.3 Å². The Morgan fingerprint density at radius 1 is 0.260 bits per heavy atom. The molecule has 0 aromatic heterocycles. The zero-order valence-corrected chi connectivity index (χ0v) is 64.8. The molecule has 0 aliphatic carbocycles. The number of carbonyl (C=O) groups is 4. The first-order chi connectivity index (χ1) is 46.1. The Morgan fingerprint density at radius 2 is 0.438 bits per heavy atom. The van der Waals surface area contributed by atoms with Crippen LogP contribution in [0.2, 0.25) is 0 Å². The molecule has 0 aliphatic rings. The third-order valence-electron chi connectivity index (χ3n) is 17.8. The molecule has 96 heavy (non-hydrogen) atoms. The monoisotopic (exact) mass is 1410 g/mol. The summed E-state index contributed by atoms with van der Waals surface area (Å²) in [7, 11) is -9.91. The highest BCUT2D eigenvalue weighted by molar-refractivity contribution is 7.47. The van der Waals surface area contributed by atoms with Gasteiger partial charge in [-0.1, -0.05) is 338 Å². The number of rotatable bonds is 74. The fraction of sp³-hybridized carbons (Fsp3) is 0.948. The molecule has 3 N–H and O–H groups in total. The Labute approximate surface area is 588 Å². The molecule has 0 aromatic rings. The van der Waals surface area contributed by atoms with Gasteiger partial charge in [-0.05, 0) is 49.4 Å². The summed E-state index contributed by atoms with van der Waals surface area (Å²) in [6, 6.07) is 0. The van der Waals surface area contributed by atoms with E-state index in [1.54, 1.807) is 0 Å². The van der Waals surface area contributed by atoms with Crippen molar-refractivity contribution in [3.63, 3.8) is 0 Å². The van der Waals surface area contributed by atoms with Crippen LogP contribution in [0.1, 0.15) is 389 Å². The minimum atomic E-state index is -4.96. The third-order valence-corrected chi connectivity index (χ3v) is 19.7. The lowest BCUT2D eigenvalue weighted by atomic mass is 10.0. The Morgan fingerprint density at radius 3 is 0.646 bits per heavy atom. The summed E-state index contributed by atoms with van der Waals surface area (Å²) < 4.78 is 68.5. The van der Waals surface area contributed by atoms with E-state index in [-0.39, 0.29) is 25.7 Å². The molecule has 0 amide bonds. The normalized spacial score (nSPS) is 14.1. The van der Waals surface area contributed by atoms with E-state index in [1.807, 2.05) is 0 Å². The molecular formula is C77H150O17P2. The van der Waals surface area contributed by atoms with Crippen molar-refractivity contribution in [1.82, 2.24) is 0 Å². The van der Waals surface area contributed by atoms with Crippen LogP contribution < -0.4 is 0 Å². The van der Waals surface area contributed by atoms with Crippen LogP contribution in [0.15, 0.2) is 0 Å². The van der Waals surface area contributed by atoms with Gasteiger partial charge in [-0.25, -0.2) is 9.13 Å². The molecule has 5 atom stereocenters. The second-order valence-electron chi connectivity index (χ2n) is 29.7. The van der Waals surface area contributed by atoms with Gasteiger partial charge in [-0.3, -0.25) is 37.3 Å². The highest BCUT2D eigenvalue weighted by Crippen LogP contribution is 2.45. The van der Waals surface area contributed by atoms with Crippen molar-refractivity contribution in [1.29, 1.82) is 0 Å². The number of hydrogen-bond donors (Lipinski definition) is 3. The van der Waals surface area contributed by atoms with Gasteiger partial charge < -0.3 is 33.8 Å². The van der Waals surface area contributed by atoms with Crippen molar-refractivity contribution in [3.8, 4) is 0 Å². The number of aliphatic hydroxyl groups excluding tert-OH is 1. The molecule has 3 unspecified atom stereocenters. The average molecular weight is 1410 g/mol. The van der Waals surface area contributed by atoms with E-state index < -0.39 is 97.5 Å². The maximum atomic E-state index is 13.1. The number of ether oxygens (including phenoxy) is 4. The summed E-state index contributed by atoms with van der Waals surface area (Å²) in [5.74, 6) is 0.889. The highest BCUT2D eigenvalue weighted by Gasteiger charge is 2.30. The number of esters is 4. The van der Waals surface area contributed by atoms with E-state index in [9.17, 15) is 43.2 Å². The average Bonchev–Trinajstić information content (AvgIpc) is 1.62. The summed E-state index contributed by atoms with van der Waals surface area (Å²) in [5.41, 5.74) is 0. The van der Waals surface area contributed by atoms with Gasteiger partial charge >= 0.3 is 39.5 Å². The standard InChI is InChI=1S/C77H150O17P2/c1-67(2)53-45-37-29-22-18-15-13-11-9-10-12-14-16-20-24-33-41-49-57-74(79)87-63-72(94-77(82)60-52-44-35-27-26-31-39-47-55-69(5)6)65-91-95(83,84)89-61-71(78)62-90-96(85,86)92-66-73(64-88-75(80)58-50-42-36-28-32-40-48-56-70(7)8)93-76(81)59-51-43-34-25-21-17-19-23-30-38-46-54-68(3)4/h67-73,78H,9-66H2,1-8H3,(H,83,84)(H,85,86)/t71?,72-,73-/m1/s1. The van der Waals surface area contributed by atoms with E-state index in [0.29, 0.717) is 31.6 Å². The maximum Gasteiger partial charge on any atom is 0.472 e. The predicted octanol–water partition coefficient (Wildman–Crippen LogP) is 22.4. The SMILES string of the molecule is CC(C)CCCCCCCCCCCCCCCCCCCCC(=O)OC[C@H](COP(=O)(O)OCC(O)COP(=O)(O)OC[C@@H](COC(=O)CCCCCCCCCC(C)C)OC(=O)CCCCCCCCCCCCCC(C)C)OC(=O)CCCCCCCCCCC(C)C. The topological polar surface area (TPSA) is 237 Å². The van der Waals surface area contributed by atoms with Crippen LogP contribution >= 0.6 is 15.6 Å². The first-order valence-corrected chi connectivity index (χ1v) is 42.7. The third kappa shape index (κ3) is 70.5. The molecule has 0 bridgehead atoms. The second-order valence-corrected chi connectivity index (χ2v) is 32.6. The lowest BCUT2D eigenvalue weighted by Crippen LogP contribution is -2.30. The zero-order valence-electron chi connectivity index (χ0n) is 63.0. The van der Waals surface area contributed by atoms with Crippen molar-refractivity contribution in [3.05, 3.63) is 0 Å². The van der Waals surface area contributed by atoms with Crippen molar-refractivity contribution >= 4 is 39.5 Å². The quantitative estimate of drug-likeness (QED) is 0.0222. The molecule has 0 spiro atoms. The van der Waals surface area contributed by atoms with Gasteiger partial charge in [0.05, 0.1) is 26.4 Å². The lowest BCUT2D eigenvalue weighted by Gasteiger charge is -2.21. The van der Waals surface area contributed by atoms with Gasteiger partial charge in [0.2, 0.25) is 0 Å². The van der Waals surface area contributed by atoms with Crippen molar-refractivity contribution < 1.29 is 80.2 Å². The maximum absolute atomic E-state index is 13.1. The van der Waals surface area contributed by atoms with Crippen molar-refractivity contribution in [2.24, 2.45) is 23.7 Å². The molecule has 570 valence electrons. The van der Waals surface area contributed by atoms with Crippen LogP contribution in [0.5, 0.6) is 0 Å². The molecule has 17 nitrogen and oxygen atoms in total. The van der Waals surface area contributed by atoms with E-state index in [2.05, 4.69) is 55.4 Å². The Balaban J connectivity index is 5.16. The molecule has 19 heteroatoms. The zero-order chi connectivity index (χ0) is 71.0. The summed E-state index contributed by atoms with van der Waals surface area (Å²) in [4.78, 5) is 72.8. The number of unbranched alkanes of at least 4 members (excludes halogenated alkanes) is 40. The van der Waals surface area contributed by atoms with Crippen molar-refractivity contribution in [2.45, 2.75) is 408 Å². The number of carbonyl (C=O) groups excluding carboxylic acids is 4. The minimum absolute atomic E-state index is 0.104. The largest absolute Gasteiger partial charge is 0.472 e. The molecule has 0 rings (SSSR count). The Kier molecular flexibility index (Phi) is 65.0. The lowest BCUT2D eigenvalue weighted by molar-refractivity contribution is -0.161. The highest BCUT2D eigenvalue weighted by atomic mass is 31.2. The van der Waals surface area contributed by atoms with E-state index in [0.717, 1.165) is 114 Å². The van der Waals surface area contributed by atoms with Crippen LogP contribution in [0, 0.1) is 23.7 Å². The number of hydrogen-bond acceptors (Lipinski definition) is 15. The van der Waals surface area contributed by atoms with E-state index in [1.165, 1.54) is 186 Å². The van der Waals surface area contributed by atoms with E-state index in [4.69, 9.17) is 37.0 Å². The molecule has 0 fully saturated rings. The van der Waals surface area contributed by atoms with Crippen LogP contribution in [0.25, 0.3) is 0 Å². The Bertz CT molecular complexity index is 1880. The molecule has 0 saturated heterocycles. The molecule has 0 aromatic carbocycles. The van der Waals surface area contributed by atoms with Gasteiger partial charge in [0.15, 0.2) is 12.2 Å². The number of aliphatic hydroxyl groups is 1. The Hall–Kier alpha value is -1.94. The van der Waals surface area contributed by atoms with Crippen LogP contribution in [0.4, 0.5) is 0 Å². The summed E-state index contributed by atoms with van der Waals surface area (Å²) >= 11 is 0. The molecule has 0 saturated carbocycles. The first-order valence-electron chi connectivity index (χ1n) is 39.7. The van der Waals surface area contributed by atoms with Gasteiger partial charge in [-0.15, -0.1) is 0 Å². The summed E-state index contributed by atoms with van der Waals surface area (Å²) in [6.45, 7) is 14.1. The molecule has 0 aliphatic heterocycles. The second kappa shape index (κ2) is 66.3. The van der Waals surface area contributed by atoms with Crippen LogP contribution in [-0.2, 0) is 65.4 Å². The smallest absolute Gasteiger partial charge is 0.462 e.